The monoisotopic (exact) mass is 360 g/mol. The second-order valence-electron chi connectivity index (χ2n) is 8.55. The van der Waals surface area contributed by atoms with Gasteiger partial charge in [0.25, 0.3) is 5.91 Å². The van der Waals surface area contributed by atoms with Crippen LogP contribution in [0.15, 0.2) is 18.2 Å². The van der Waals surface area contributed by atoms with Crippen LogP contribution >= 0.6 is 11.6 Å². The van der Waals surface area contributed by atoms with Crippen LogP contribution in [0.1, 0.15) is 48.9 Å². The highest BCUT2D eigenvalue weighted by Crippen LogP contribution is 2.60. The van der Waals surface area contributed by atoms with Gasteiger partial charge in [-0.1, -0.05) is 11.6 Å². The fraction of sp³-hybridized carbons (Fsp3) is 0.600. The van der Waals surface area contributed by atoms with E-state index in [4.69, 9.17) is 11.6 Å². The molecule has 0 heterocycles. The van der Waals surface area contributed by atoms with E-state index in [-0.39, 0.29) is 17.2 Å². The van der Waals surface area contributed by atoms with Crippen molar-refractivity contribution >= 4 is 29.1 Å². The van der Waals surface area contributed by atoms with Crippen LogP contribution < -0.4 is 5.32 Å². The van der Waals surface area contributed by atoms with E-state index < -0.39 is 0 Å². The third-order valence-electron chi connectivity index (χ3n) is 6.39. The highest BCUT2D eigenvalue weighted by Gasteiger charge is 2.54. The third kappa shape index (κ3) is 2.95. The summed E-state index contributed by atoms with van der Waals surface area (Å²) < 4.78 is 0. The molecule has 0 aromatic heterocycles. The van der Waals surface area contributed by atoms with Crippen LogP contribution in [0.2, 0.25) is 5.02 Å². The molecule has 4 nitrogen and oxygen atoms in total. The Balaban J connectivity index is 1.57. The Labute approximate surface area is 153 Å². The Morgan fingerprint density at radius 1 is 1.08 bits per heavy atom. The lowest BCUT2D eigenvalue weighted by atomic mass is 9.49. The van der Waals surface area contributed by atoms with Crippen LogP contribution in [-0.2, 0) is 4.79 Å². The molecule has 1 aromatic carbocycles. The minimum atomic E-state index is -0.223. The average Bonchev–Trinajstić information content (AvgIpc) is 2.54. The predicted octanol–water partition coefficient (Wildman–Crippen LogP) is 4.20. The number of carbonyl (C=O) groups excluding carboxylic acids is 2. The lowest BCUT2D eigenvalue weighted by molar-refractivity contribution is -0.140. The van der Waals surface area contributed by atoms with Gasteiger partial charge >= 0.3 is 0 Å². The lowest BCUT2D eigenvalue weighted by Crippen LogP contribution is -2.51. The standard InChI is InChI=1S/C20H25ClN2O2/c1-23(2)18(24)15-3-4-16(21)17(8-15)22-19(25)20-9-12-5-13(10-20)7-14(6-12)11-20/h3-4,8,12-14H,5-7,9-11H2,1-2H3,(H,22,25). The zero-order chi connectivity index (χ0) is 17.8. The summed E-state index contributed by atoms with van der Waals surface area (Å²) in [5.41, 5.74) is 0.866. The first-order valence-corrected chi connectivity index (χ1v) is 9.57. The minimum Gasteiger partial charge on any atom is -0.345 e. The number of benzene rings is 1. The number of rotatable bonds is 3. The van der Waals surface area contributed by atoms with Crippen LogP contribution in [0, 0.1) is 23.2 Å². The molecule has 2 amide bonds. The van der Waals surface area contributed by atoms with Gasteiger partial charge < -0.3 is 10.2 Å². The minimum absolute atomic E-state index is 0.0954. The number of hydrogen-bond donors (Lipinski definition) is 1. The summed E-state index contributed by atoms with van der Waals surface area (Å²) in [6.07, 6.45) is 6.95. The van der Waals surface area contributed by atoms with Crippen molar-refractivity contribution in [2.45, 2.75) is 38.5 Å². The van der Waals surface area contributed by atoms with E-state index in [1.54, 1.807) is 32.3 Å². The van der Waals surface area contributed by atoms with Gasteiger partial charge in [-0.3, -0.25) is 9.59 Å². The number of halogens is 1. The molecular weight excluding hydrogens is 336 g/mol. The normalized spacial score (nSPS) is 32.5. The first kappa shape index (κ1) is 16.9. The van der Waals surface area contributed by atoms with Gasteiger partial charge in [-0.25, -0.2) is 0 Å². The molecule has 5 rings (SSSR count). The highest BCUT2D eigenvalue weighted by molar-refractivity contribution is 6.34. The van der Waals surface area contributed by atoms with E-state index in [1.165, 1.54) is 24.2 Å². The molecule has 4 aliphatic carbocycles. The fourth-order valence-electron chi connectivity index (χ4n) is 5.66. The molecule has 25 heavy (non-hydrogen) atoms. The van der Waals surface area contributed by atoms with Crippen molar-refractivity contribution in [1.82, 2.24) is 4.90 Å². The molecule has 4 bridgehead atoms. The van der Waals surface area contributed by atoms with Crippen LogP contribution in [0.3, 0.4) is 0 Å². The molecule has 0 saturated heterocycles. The van der Waals surface area contributed by atoms with Gasteiger partial charge in [-0.05, 0) is 74.5 Å². The lowest BCUT2D eigenvalue weighted by Gasteiger charge is -2.55. The third-order valence-corrected chi connectivity index (χ3v) is 6.72. The average molecular weight is 361 g/mol. The van der Waals surface area contributed by atoms with Crippen LogP contribution in [0.25, 0.3) is 0 Å². The molecule has 4 fully saturated rings. The first-order chi connectivity index (χ1) is 11.9. The quantitative estimate of drug-likeness (QED) is 0.878. The van der Waals surface area contributed by atoms with E-state index in [0.717, 1.165) is 19.3 Å². The zero-order valence-corrected chi connectivity index (χ0v) is 15.6. The number of nitrogens with one attached hydrogen (secondary N) is 1. The molecule has 4 saturated carbocycles. The summed E-state index contributed by atoms with van der Waals surface area (Å²) in [5, 5.41) is 3.54. The second kappa shape index (κ2) is 6.01. The van der Waals surface area contributed by atoms with Gasteiger partial charge in [0.2, 0.25) is 5.91 Å². The molecule has 0 aliphatic heterocycles. The molecule has 1 aromatic rings. The Hall–Kier alpha value is -1.55. The molecule has 0 radical (unpaired) electrons. The van der Waals surface area contributed by atoms with Crippen molar-refractivity contribution < 1.29 is 9.59 Å². The summed E-state index contributed by atoms with van der Waals surface area (Å²) in [5.74, 6) is 2.15. The van der Waals surface area contributed by atoms with Crippen molar-refractivity contribution in [2.75, 3.05) is 19.4 Å². The number of nitrogens with zero attached hydrogens (tertiary/aromatic N) is 1. The van der Waals surface area contributed by atoms with E-state index in [1.807, 2.05) is 0 Å². The summed E-state index contributed by atoms with van der Waals surface area (Å²) >= 11 is 6.29. The van der Waals surface area contributed by atoms with E-state index in [2.05, 4.69) is 5.32 Å². The predicted molar refractivity (Wildman–Crippen MR) is 98.7 cm³/mol. The Kier molecular flexibility index (Phi) is 4.06. The number of hydrogen-bond acceptors (Lipinski definition) is 2. The molecule has 0 unspecified atom stereocenters. The van der Waals surface area contributed by atoms with Crippen LogP contribution in [0.5, 0.6) is 0 Å². The molecular formula is C20H25ClN2O2. The highest BCUT2D eigenvalue weighted by atomic mass is 35.5. The van der Waals surface area contributed by atoms with Gasteiger partial charge in [0.05, 0.1) is 16.1 Å². The van der Waals surface area contributed by atoms with Crippen molar-refractivity contribution in [3.8, 4) is 0 Å². The van der Waals surface area contributed by atoms with Gasteiger partial charge in [-0.2, -0.15) is 0 Å². The summed E-state index contributed by atoms with van der Waals surface area (Å²) in [6.45, 7) is 0. The largest absolute Gasteiger partial charge is 0.345 e. The maximum absolute atomic E-state index is 13.2. The fourth-order valence-corrected chi connectivity index (χ4v) is 5.82. The van der Waals surface area contributed by atoms with Gasteiger partial charge in [-0.15, -0.1) is 0 Å². The second-order valence-corrected chi connectivity index (χ2v) is 8.95. The topological polar surface area (TPSA) is 49.4 Å². The maximum atomic E-state index is 13.2. The van der Waals surface area contributed by atoms with Crippen molar-refractivity contribution in [1.29, 1.82) is 0 Å². The number of amides is 2. The van der Waals surface area contributed by atoms with Crippen LogP contribution in [0.4, 0.5) is 5.69 Å². The zero-order valence-electron chi connectivity index (χ0n) is 14.8. The van der Waals surface area contributed by atoms with Gasteiger partial charge in [0.1, 0.15) is 0 Å². The summed E-state index contributed by atoms with van der Waals surface area (Å²) in [6, 6.07) is 5.09. The summed E-state index contributed by atoms with van der Waals surface area (Å²) in [4.78, 5) is 26.9. The molecule has 0 spiro atoms. The number of carbonyl (C=O) groups is 2. The first-order valence-electron chi connectivity index (χ1n) is 9.19. The molecule has 0 atom stereocenters. The Morgan fingerprint density at radius 2 is 1.64 bits per heavy atom. The van der Waals surface area contributed by atoms with Crippen molar-refractivity contribution in [3.05, 3.63) is 28.8 Å². The summed E-state index contributed by atoms with van der Waals surface area (Å²) in [7, 11) is 3.43. The number of anilines is 1. The SMILES string of the molecule is CN(C)C(=O)c1ccc(Cl)c(NC(=O)C23CC4CC(CC(C4)C2)C3)c1. The van der Waals surface area contributed by atoms with Gasteiger partial charge in [0, 0.05) is 19.7 Å². The Bertz CT molecular complexity index is 693. The van der Waals surface area contributed by atoms with Gasteiger partial charge in [0.15, 0.2) is 0 Å². The smallest absolute Gasteiger partial charge is 0.253 e. The van der Waals surface area contributed by atoms with E-state index in [0.29, 0.717) is 34.0 Å². The van der Waals surface area contributed by atoms with Crippen molar-refractivity contribution in [3.63, 3.8) is 0 Å². The molecule has 5 heteroatoms. The Morgan fingerprint density at radius 3 is 2.16 bits per heavy atom. The van der Waals surface area contributed by atoms with E-state index >= 15 is 0 Å². The molecule has 1 N–H and O–H groups in total. The molecule has 134 valence electrons. The maximum Gasteiger partial charge on any atom is 0.253 e. The molecule has 4 aliphatic rings. The van der Waals surface area contributed by atoms with Crippen LogP contribution in [-0.4, -0.2) is 30.8 Å². The van der Waals surface area contributed by atoms with Crippen molar-refractivity contribution in [2.24, 2.45) is 23.2 Å². The van der Waals surface area contributed by atoms with E-state index in [9.17, 15) is 9.59 Å².